The predicted molar refractivity (Wildman–Crippen MR) is 38.2 cm³/mol. The van der Waals surface area contributed by atoms with Crippen molar-refractivity contribution < 1.29 is 18.7 Å². The molecule has 1 fully saturated rings. The molecule has 0 bridgehead atoms. The molecule has 2 amide bonds. The Labute approximate surface area is 68.6 Å². The van der Waals surface area contributed by atoms with Gasteiger partial charge in [-0.1, -0.05) is 0 Å². The van der Waals surface area contributed by atoms with Crippen LogP contribution in [-0.4, -0.2) is 36.7 Å². The SMILES string of the molecule is O=C(C=CCF)N1CCOC1=O. The molecular formula is C7H8FNO3. The van der Waals surface area contributed by atoms with Crippen LogP contribution in [0.15, 0.2) is 12.2 Å². The Morgan fingerprint density at radius 2 is 2.50 bits per heavy atom. The van der Waals surface area contributed by atoms with E-state index in [2.05, 4.69) is 4.74 Å². The van der Waals surface area contributed by atoms with E-state index in [1.165, 1.54) is 0 Å². The van der Waals surface area contributed by atoms with Crippen molar-refractivity contribution in [2.45, 2.75) is 0 Å². The number of amides is 2. The Bertz CT molecular complexity index is 227. The van der Waals surface area contributed by atoms with Gasteiger partial charge in [-0.3, -0.25) is 4.79 Å². The summed E-state index contributed by atoms with van der Waals surface area (Å²) < 4.78 is 16.1. The maximum Gasteiger partial charge on any atom is 0.416 e. The van der Waals surface area contributed by atoms with E-state index in [1.54, 1.807) is 0 Å². The van der Waals surface area contributed by atoms with E-state index in [0.29, 0.717) is 0 Å². The number of carbonyl (C=O) groups excluding carboxylic acids is 2. The second-order valence-electron chi connectivity index (χ2n) is 2.16. The lowest BCUT2D eigenvalue weighted by Gasteiger charge is -2.05. The molecule has 1 heterocycles. The predicted octanol–water partition coefficient (Wildman–Crippen LogP) is 0.491. The minimum Gasteiger partial charge on any atom is -0.447 e. The van der Waals surface area contributed by atoms with E-state index < -0.39 is 18.7 Å². The average molecular weight is 173 g/mol. The number of hydrogen-bond acceptors (Lipinski definition) is 3. The zero-order valence-electron chi connectivity index (χ0n) is 6.33. The zero-order valence-corrected chi connectivity index (χ0v) is 6.33. The van der Waals surface area contributed by atoms with Crippen molar-refractivity contribution in [2.24, 2.45) is 0 Å². The van der Waals surface area contributed by atoms with Gasteiger partial charge >= 0.3 is 6.09 Å². The van der Waals surface area contributed by atoms with Crippen LogP contribution >= 0.6 is 0 Å². The quantitative estimate of drug-likeness (QED) is 0.571. The monoisotopic (exact) mass is 173 g/mol. The van der Waals surface area contributed by atoms with Gasteiger partial charge in [0.15, 0.2) is 0 Å². The normalized spacial score (nSPS) is 17.1. The van der Waals surface area contributed by atoms with Crippen LogP contribution in [0.1, 0.15) is 0 Å². The Balaban J connectivity index is 2.52. The Hall–Kier alpha value is -1.39. The summed E-state index contributed by atoms with van der Waals surface area (Å²) in [4.78, 5) is 22.6. The number of nitrogens with zero attached hydrogens (tertiary/aromatic N) is 1. The number of ether oxygens (including phenoxy) is 1. The summed E-state index contributed by atoms with van der Waals surface area (Å²) in [5.74, 6) is -0.532. The highest BCUT2D eigenvalue weighted by Gasteiger charge is 2.26. The minimum atomic E-state index is -0.714. The number of hydrogen-bond donors (Lipinski definition) is 0. The van der Waals surface area contributed by atoms with E-state index in [4.69, 9.17) is 0 Å². The van der Waals surface area contributed by atoms with Gasteiger partial charge in [-0.15, -0.1) is 0 Å². The molecule has 0 N–H and O–H groups in total. The number of rotatable bonds is 2. The molecule has 0 spiro atoms. The van der Waals surface area contributed by atoms with Crippen molar-refractivity contribution in [3.8, 4) is 0 Å². The average Bonchev–Trinajstić information content (AvgIpc) is 2.47. The van der Waals surface area contributed by atoms with Crippen LogP contribution in [0.5, 0.6) is 0 Å². The molecule has 0 aromatic rings. The van der Waals surface area contributed by atoms with Crippen LogP contribution < -0.4 is 0 Å². The first-order valence-electron chi connectivity index (χ1n) is 3.46. The Morgan fingerprint density at radius 1 is 1.75 bits per heavy atom. The van der Waals surface area contributed by atoms with Crippen LogP contribution in [0.3, 0.4) is 0 Å². The van der Waals surface area contributed by atoms with Crippen LogP contribution in [0.25, 0.3) is 0 Å². The maximum absolute atomic E-state index is 11.6. The summed E-state index contributed by atoms with van der Waals surface area (Å²) in [6.07, 6.45) is 1.41. The molecule has 0 unspecified atom stereocenters. The smallest absolute Gasteiger partial charge is 0.416 e. The van der Waals surface area contributed by atoms with E-state index in [1.807, 2.05) is 0 Å². The summed E-state index contributed by atoms with van der Waals surface area (Å²) >= 11 is 0. The summed E-state index contributed by atoms with van der Waals surface area (Å²) in [5, 5.41) is 0. The molecule has 0 aromatic carbocycles. The number of imide groups is 1. The van der Waals surface area contributed by atoms with E-state index in [9.17, 15) is 14.0 Å². The number of allylic oxidation sites excluding steroid dienone is 1. The number of carbonyl (C=O) groups is 2. The second kappa shape index (κ2) is 3.85. The lowest BCUT2D eigenvalue weighted by atomic mass is 10.4. The third-order valence-electron chi connectivity index (χ3n) is 1.38. The highest BCUT2D eigenvalue weighted by molar-refractivity contribution is 5.99. The molecule has 1 aliphatic heterocycles. The van der Waals surface area contributed by atoms with Gasteiger partial charge in [0.2, 0.25) is 0 Å². The fourth-order valence-electron chi connectivity index (χ4n) is 0.829. The molecule has 0 saturated carbocycles. The van der Waals surface area contributed by atoms with Crippen molar-refractivity contribution in [3.63, 3.8) is 0 Å². The van der Waals surface area contributed by atoms with Crippen LogP contribution in [0.2, 0.25) is 0 Å². The molecule has 1 aliphatic rings. The fraction of sp³-hybridized carbons (Fsp3) is 0.429. The lowest BCUT2D eigenvalue weighted by Crippen LogP contribution is -2.29. The molecule has 0 aromatic heterocycles. The van der Waals surface area contributed by atoms with Crippen LogP contribution in [0, 0.1) is 0 Å². The fourth-order valence-corrected chi connectivity index (χ4v) is 0.829. The van der Waals surface area contributed by atoms with E-state index in [-0.39, 0.29) is 13.2 Å². The van der Waals surface area contributed by atoms with Crippen molar-refractivity contribution in [3.05, 3.63) is 12.2 Å². The molecule has 66 valence electrons. The van der Waals surface area contributed by atoms with Crippen LogP contribution in [0.4, 0.5) is 9.18 Å². The van der Waals surface area contributed by atoms with Gasteiger partial charge in [0.1, 0.15) is 13.3 Å². The first-order valence-corrected chi connectivity index (χ1v) is 3.46. The largest absolute Gasteiger partial charge is 0.447 e. The van der Waals surface area contributed by atoms with Gasteiger partial charge in [-0.05, 0) is 6.08 Å². The summed E-state index contributed by atoms with van der Waals surface area (Å²) in [7, 11) is 0. The first kappa shape index (κ1) is 8.70. The molecule has 4 nitrogen and oxygen atoms in total. The second-order valence-corrected chi connectivity index (χ2v) is 2.16. The minimum absolute atomic E-state index is 0.216. The van der Waals surface area contributed by atoms with Crippen LogP contribution in [-0.2, 0) is 9.53 Å². The molecular weight excluding hydrogens is 165 g/mol. The highest BCUT2D eigenvalue weighted by Crippen LogP contribution is 2.03. The molecule has 0 atom stereocenters. The molecule has 5 heteroatoms. The molecule has 1 rings (SSSR count). The standard InChI is InChI=1S/C7H8FNO3/c8-3-1-2-6(10)9-4-5-12-7(9)11/h1-2H,3-5H2. The Morgan fingerprint density at radius 3 is 3.00 bits per heavy atom. The maximum atomic E-state index is 11.6. The third-order valence-corrected chi connectivity index (χ3v) is 1.38. The Kier molecular flexibility index (Phi) is 2.79. The molecule has 1 saturated heterocycles. The van der Waals surface area contributed by atoms with Gasteiger partial charge in [0.25, 0.3) is 5.91 Å². The summed E-state index contributed by atoms with van der Waals surface area (Å²) in [6, 6.07) is 0. The van der Waals surface area contributed by atoms with Crippen molar-refractivity contribution in [2.75, 3.05) is 19.8 Å². The lowest BCUT2D eigenvalue weighted by molar-refractivity contribution is -0.122. The van der Waals surface area contributed by atoms with Crippen molar-refractivity contribution in [1.82, 2.24) is 4.90 Å². The number of halogens is 1. The number of alkyl halides is 1. The molecule has 0 aliphatic carbocycles. The van der Waals surface area contributed by atoms with E-state index in [0.717, 1.165) is 17.1 Å². The topological polar surface area (TPSA) is 46.6 Å². The zero-order chi connectivity index (χ0) is 8.97. The highest BCUT2D eigenvalue weighted by atomic mass is 19.1. The van der Waals surface area contributed by atoms with Gasteiger partial charge in [-0.2, -0.15) is 0 Å². The van der Waals surface area contributed by atoms with Gasteiger partial charge in [0, 0.05) is 6.08 Å². The summed E-state index contributed by atoms with van der Waals surface area (Å²) in [6.45, 7) is -0.253. The number of cyclic esters (lactones) is 1. The van der Waals surface area contributed by atoms with E-state index >= 15 is 0 Å². The molecule has 0 radical (unpaired) electrons. The summed E-state index contributed by atoms with van der Waals surface area (Å²) in [5.41, 5.74) is 0. The third kappa shape index (κ3) is 1.81. The molecule has 12 heavy (non-hydrogen) atoms. The van der Waals surface area contributed by atoms with Gasteiger partial charge in [0.05, 0.1) is 6.54 Å². The van der Waals surface area contributed by atoms with Crippen molar-refractivity contribution >= 4 is 12.0 Å². The van der Waals surface area contributed by atoms with Gasteiger partial charge < -0.3 is 4.74 Å². The van der Waals surface area contributed by atoms with Gasteiger partial charge in [-0.25, -0.2) is 14.1 Å². The van der Waals surface area contributed by atoms with Crippen molar-refractivity contribution in [1.29, 1.82) is 0 Å². The first-order chi connectivity index (χ1) is 5.75.